The van der Waals surface area contributed by atoms with Crippen molar-refractivity contribution in [3.8, 4) is 0 Å². The molecule has 2 aliphatic rings. The van der Waals surface area contributed by atoms with Crippen molar-refractivity contribution in [2.24, 2.45) is 5.73 Å². The lowest BCUT2D eigenvalue weighted by molar-refractivity contribution is -0.119. The Morgan fingerprint density at radius 2 is 2.15 bits per heavy atom. The van der Waals surface area contributed by atoms with Gasteiger partial charge in [-0.1, -0.05) is 30.4 Å². The molecule has 0 saturated carbocycles. The van der Waals surface area contributed by atoms with Crippen LogP contribution in [0, 0.1) is 0 Å². The van der Waals surface area contributed by atoms with Crippen LogP contribution in [-0.2, 0) is 4.79 Å². The number of primary amides is 1. The zero-order chi connectivity index (χ0) is 14.1. The van der Waals surface area contributed by atoms with Crippen LogP contribution in [0.15, 0.2) is 36.4 Å². The van der Waals surface area contributed by atoms with Gasteiger partial charge in [0, 0.05) is 17.8 Å². The molecular weight excluding hydrogens is 248 g/mol. The lowest BCUT2D eigenvalue weighted by Gasteiger charge is -2.44. The molecule has 1 aromatic carbocycles. The summed E-state index contributed by atoms with van der Waals surface area (Å²) < 4.78 is 0. The normalized spacial score (nSPS) is 29.1. The molecule has 106 valence electrons. The molecule has 3 unspecified atom stereocenters. The number of carbonyl (C=O) groups excluding carboxylic acids is 1. The van der Waals surface area contributed by atoms with Gasteiger partial charge in [-0.2, -0.15) is 0 Å². The molecule has 3 nitrogen and oxygen atoms in total. The van der Waals surface area contributed by atoms with Gasteiger partial charge in [0.05, 0.1) is 5.92 Å². The van der Waals surface area contributed by atoms with E-state index in [1.165, 1.54) is 24.9 Å². The minimum atomic E-state index is -0.205. The van der Waals surface area contributed by atoms with E-state index in [9.17, 15) is 4.79 Å². The van der Waals surface area contributed by atoms with Crippen molar-refractivity contribution < 1.29 is 4.79 Å². The average molecular weight is 270 g/mol. The van der Waals surface area contributed by atoms with Gasteiger partial charge >= 0.3 is 0 Å². The maximum absolute atomic E-state index is 11.7. The van der Waals surface area contributed by atoms with Crippen molar-refractivity contribution in [2.75, 3.05) is 4.90 Å². The first-order chi connectivity index (χ1) is 9.68. The first-order valence-electron chi connectivity index (χ1n) is 7.51. The smallest absolute Gasteiger partial charge is 0.225 e. The highest BCUT2D eigenvalue weighted by molar-refractivity contribution is 5.85. The summed E-state index contributed by atoms with van der Waals surface area (Å²) in [5.41, 5.74) is 7.88. The molecule has 1 aromatic rings. The number of benzene rings is 1. The van der Waals surface area contributed by atoms with Crippen molar-refractivity contribution in [3.63, 3.8) is 0 Å². The van der Waals surface area contributed by atoms with E-state index in [1.807, 2.05) is 6.07 Å². The molecule has 0 aromatic heterocycles. The molecule has 1 amide bonds. The minimum Gasteiger partial charge on any atom is -0.369 e. The van der Waals surface area contributed by atoms with Crippen LogP contribution in [0.3, 0.4) is 0 Å². The van der Waals surface area contributed by atoms with Crippen LogP contribution in [-0.4, -0.2) is 18.0 Å². The van der Waals surface area contributed by atoms with E-state index in [1.54, 1.807) is 0 Å². The Labute approximate surface area is 120 Å². The SMILES string of the molecule is CC1CC(C(N)=O)c2ccccc2N1C1C=CCCC1. The maximum atomic E-state index is 11.7. The van der Waals surface area contributed by atoms with Crippen molar-refractivity contribution >= 4 is 11.6 Å². The molecule has 3 heteroatoms. The summed E-state index contributed by atoms with van der Waals surface area (Å²) >= 11 is 0. The van der Waals surface area contributed by atoms with Crippen molar-refractivity contribution in [1.29, 1.82) is 0 Å². The summed E-state index contributed by atoms with van der Waals surface area (Å²) in [5.74, 6) is -0.354. The van der Waals surface area contributed by atoms with Gasteiger partial charge in [-0.05, 0) is 44.2 Å². The molecule has 3 rings (SSSR count). The molecule has 0 fully saturated rings. The van der Waals surface area contributed by atoms with Crippen molar-refractivity contribution in [2.45, 2.75) is 50.6 Å². The molecule has 0 bridgehead atoms. The Bertz CT molecular complexity index is 538. The van der Waals surface area contributed by atoms with Gasteiger partial charge in [-0.3, -0.25) is 4.79 Å². The Hall–Kier alpha value is -1.77. The van der Waals surface area contributed by atoms with Gasteiger partial charge < -0.3 is 10.6 Å². The Morgan fingerprint density at radius 3 is 2.85 bits per heavy atom. The molecule has 0 radical (unpaired) electrons. The highest BCUT2D eigenvalue weighted by Gasteiger charge is 2.35. The number of hydrogen-bond donors (Lipinski definition) is 1. The number of fused-ring (bicyclic) bond motifs is 1. The zero-order valence-electron chi connectivity index (χ0n) is 12.0. The van der Waals surface area contributed by atoms with Gasteiger partial charge in [-0.25, -0.2) is 0 Å². The number of carbonyl (C=O) groups is 1. The molecule has 2 N–H and O–H groups in total. The van der Waals surface area contributed by atoms with E-state index in [-0.39, 0.29) is 11.8 Å². The van der Waals surface area contributed by atoms with E-state index in [2.05, 4.69) is 42.2 Å². The number of allylic oxidation sites excluding steroid dienone is 1. The number of nitrogens with two attached hydrogens (primary N) is 1. The summed E-state index contributed by atoms with van der Waals surface area (Å²) in [6.45, 7) is 2.20. The Balaban J connectivity index is 2.02. The van der Waals surface area contributed by atoms with Crippen LogP contribution >= 0.6 is 0 Å². The molecule has 1 aliphatic carbocycles. The third kappa shape index (κ3) is 2.21. The van der Waals surface area contributed by atoms with Crippen LogP contribution < -0.4 is 10.6 Å². The van der Waals surface area contributed by atoms with Crippen LogP contribution in [0.2, 0.25) is 0 Å². The first kappa shape index (κ1) is 13.2. The van der Waals surface area contributed by atoms with Crippen LogP contribution in [0.4, 0.5) is 5.69 Å². The van der Waals surface area contributed by atoms with Crippen molar-refractivity contribution in [3.05, 3.63) is 42.0 Å². The minimum absolute atomic E-state index is 0.148. The fraction of sp³-hybridized carbons (Fsp3) is 0.471. The van der Waals surface area contributed by atoms with E-state index in [4.69, 9.17) is 5.73 Å². The largest absolute Gasteiger partial charge is 0.369 e. The maximum Gasteiger partial charge on any atom is 0.225 e. The highest BCUT2D eigenvalue weighted by atomic mass is 16.1. The second kappa shape index (κ2) is 5.31. The molecule has 1 aliphatic heterocycles. The second-order valence-electron chi connectivity index (χ2n) is 5.93. The molecule has 1 heterocycles. The van der Waals surface area contributed by atoms with Crippen LogP contribution in [0.1, 0.15) is 44.1 Å². The second-order valence-corrected chi connectivity index (χ2v) is 5.93. The predicted molar refractivity (Wildman–Crippen MR) is 81.7 cm³/mol. The topological polar surface area (TPSA) is 46.3 Å². The molecule has 0 saturated heterocycles. The van der Waals surface area contributed by atoms with Gasteiger partial charge in [0.25, 0.3) is 0 Å². The van der Waals surface area contributed by atoms with Crippen LogP contribution in [0.25, 0.3) is 0 Å². The number of nitrogens with zero attached hydrogens (tertiary/aromatic N) is 1. The van der Waals surface area contributed by atoms with Crippen LogP contribution in [0.5, 0.6) is 0 Å². The summed E-state index contributed by atoms with van der Waals surface area (Å²) in [7, 11) is 0. The van der Waals surface area contributed by atoms with Crippen molar-refractivity contribution in [1.82, 2.24) is 0 Å². The highest BCUT2D eigenvalue weighted by Crippen LogP contribution is 2.40. The number of anilines is 1. The number of rotatable bonds is 2. The Kier molecular flexibility index (Phi) is 3.51. The summed E-state index contributed by atoms with van der Waals surface area (Å²) in [6.07, 6.45) is 9.04. The van der Waals surface area contributed by atoms with Gasteiger partial charge in [0.1, 0.15) is 0 Å². The third-order valence-corrected chi connectivity index (χ3v) is 4.57. The standard InChI is InChI=1S/C17H22N2O/c1-12-11-15(17(18)20)14-9-5-6-10-16(14)19(12)13-7-3-2-4-8-13/h3,5-7,9-10,12-13,15H,2,4,8,11H2,1H3,(H2,18,20). The fourth-order valence-electron chi connectivity index (χ4n) is 3.64. The van der Waals surface area contributed by atoms with Gasteiger partial charge in [-0.15, -0.1) is 0 Å². The molecule has 0 spiro atoms. The molecular formula is C17H22N2O. The van der Waals surface area contributed by atoms with E-state index >= 15 is 0 Å². The van der Waals surface area contributed by atoms with E-state index < -0.39 is 0 Å². The van der Waals surface area contributed by atoms with Gasteiger partial charge in [0.2, 0.25) is 5.91 Å². The average Bonchev–Trinajstić information content (AvgIpc) is 2.47. The third-order valence-electron chi connectivity index (χ3n) is 4.57. The van der Waals surface area contributed by atoms with E-state index in [0.717, 1.165) is 12.0 Å². The first-order valence-corrected chi connectivity index (χ1v) is 7.51. The lowest BCUT2D eigenvalue weighted by atomic mass is 9.83. The monoisotopic (exact) mass is 270 g/mol. The number of amides is 1. The number of para-hydroxylation sites is 1. The number of hydrogen-bond acceptors (Lipinski definition) is 2. The van der Waals surface area contributed by atoms with Gasteiger partial charge in [0.15, 0.2) is 0 Å². The summed E-state index contributed by atoms with van der Waals surface area (Å²) in [4.78, 5) is 14.2. The fourth-order valence-corrected chi connectivity index (χ4v) is 3.64. The quantitative estimate of drug-likeness (QED) is 0.840. The molecule has 20 heavy (non-hydrogen) atoms. The lowest BCUT2D eigenvalue weighted by Crippen LogP contribution is -2.47. The van der Waals surface area contributed by atoms with E-state index in [0.29, 0.717) is 12.1 Å². The predicted octanol–water partition coefficient (Wildman–Crippen LogP) is 2.96. The molecule has 3 atom stereocenters. The summed E-state index contributed by atoms with van der Waals surface area (Å²) in [6, 6.07) is 9.03. The summed E-state index contributed by atoms with van der Waals surface area (Å²) in [5, 5.41) is 0. The Morgan fingerprint density at radius 1 is 1.35 bits per heavy atom. The zero-order valence-corrected chi connectivity index (χ0v) is 12.0.